The first-order valence-electron chi connectivity index (χ1n) is 14.4. The zero-order chi connectivity index (χ0) is 28.1. The fourth-order valence-electron chi connectivity index (χ4n) is 6.80. The third-order valence-electron chi connectivity index (χ3n) is 9.57. The Morgan fingerprint density at radius 2 is 1.79 bits per heavy atom. The van der Waals surface area contributed by atoms with E-state index in [-0.39, 0.29) is 24.7 Å². The monoisotopic (exact) mass is 544 g/mol. The van der Waals surface area contributed by atoms with E-state index in [1.54, 1.807) is 25.2 Å². The van der Waals surface area contributed by atoms with Gasteiger partial charge < -0.3 is 34.3 Å². The third kappa shape index (κ3) is 5.32. The van der Waals surface area contributed by atoms with Gasteiger partial charge in [-0.3, -0.25) is 4.79 Å². The van der Waals surface area contributed by atoms with Crippen molar-refractivity contribution in [2.45, 2.75) is 115 Å². The molecule has 1 aliphatic carbocycles. The van der Waals surface area contributed by atoms with Crippen LogP contribution in [0, 0.1) is 17.8 Å². The lowest BCUT2D eigenvalue weighted by Crippen LogP contribution is -2.58. The SMILES string of the molecule is CC1=C[C@H]2C(=O)O[C@H]3C[C@@H](C/C=C(/C)[C@H](O)[C@@H](C)/C=C\C=C4\CO[C@H]([C@@H]1O)[C@@]42O)O[C@@]1(CC[C@H](C)[C@@H](C)O1)C3. The molecule has 1 spiro atoms. The maximum absolute atomic E-state index is 13.8. The highest BCUT2D eigenvalue weighted by Crippen LogP contribution is 2.47. The molecular weight excluding hydrogens is 500 g/mol. The van der Waals surface area contributed by atoms with Gasteiger partial charge in [0.15, 0.2) is 5.79 Å². The third-order valence-corrected chi connectivity index (χ3v) is 9.57. The van der Waals surface area contributed by atoms with E-state index >= 15 is 0 Å². The molecule has 0 saturated carbocycles. The van der Waals surface area contributed by atoms with Crippen LogP contribution in [0.2, 0.25) is 0 Å². The van der Waals surface area contributed by atoms with Crippen molar-refractivity contribution in [3.63, 3.8) is 0 Å². The molecule has 4 heterocycles. The van der Waals surface area contributed by atoms with E-state index in [2.05, 4.69) is 13.8 Å². The first kappa shape index (κ1) is 28.7. The second-order valence-electron chi connectivity index (χ2n) is 12.4. The molecule has 5 rings (SSSR count). The highest BCUT2D eigenvalue weighted by Gasteiger charge is 2.60. The van der Waals surface area contributed by atoms with Gasteiger partial charge in [-0.05, 0) is 56.3 Å². The zero-order valence-electron chi connectivity index (χ0n) is 23.7. The topological polar surface area (TPSA) is 115 Å². The van der Waals surface area contributed by atoms with E-state index in [4.69, 9.17) is 18.9 Å². The van der Waals surface area contributed by atoms with Gasteiger partial charge in [0.1, 0.15) is 29.8 Å². The van der Waals surface area contributed by atoms with Crippen LogP contribution in [0.1, 0.15) is 66.7 Å². The predicted octanol–water partition coefficient (Wildman–Crippen LogP) is 3.51. The molecule has 0 aromatic heterocycles. The number of rotatable bonds is 0. The van der Waals surface area contributed by atoms with Crippen LogP contribution in [0.5, 0.6) is 0 Å². The largest absolute Gasteiger partial charge is 0.462 e. The Labute approximate surface area is 231 Å². The highest BCUT2D eigenvalue weighted by molar-refractivity contribution is 5.78. The lowest BCUT2D eigenvalue weighted by molar-refractivity contribution is -0.332. The fourth-order valence-corrected chi connectivity index (χ4v) is 6.80. The molecule has 0 amide bonds. The van der Waals surface area contributed by atoms with Crippen LogP contribution in [0.3, 0.4) is 0 Å². The Hall–Kier alpha value is -1.81. The van der Waals surface area contributed by atoms with Gasteiger partial charge in [-0.25, -0.2) is 0 Å². The summed E-state index contributed by atoms with van der Waals surface area (Å²) in [6.45, 7) is 9.87. The van der Waals surface area contributed by atoms with E-state index in [0.717, 1.165) is 12.0 Å². The Bertz CT molecular complexity index is 1080. The van der Waals surface area contributed by atoms with Gasteiger partial charge in [0, 0.05) is 25.2 Å². The maximum atomic E-state index is 13.8. The molecular formula is C31H44O8. The molecule has 4 aliphatic heterocycles. The Balaban J connectivity index is 1.53. The van der Waals surface area contributed by atoms with Crippen LogP contribution in [0.15, 0.2) is 47.1 Å². The molecule has 3 saturated heterocycles. The van der Waals surface area contributed by atoms with Crippen molar-refractivity contribution < 1.29 is 39.1 Å². The van der Waals surface area contributed by atoms with Crippen LogP contribution in [0.4, 0.5) is 0 Å². The number of aliphatic hydroxyl groups excluding tert-OH is 2. The summed E-state index contributed by atoms with van der Waals surface area (Å²) in [5.41, 5.74) is 0.154. The number of ether oxygens (including phenoxy) is 4. The molecule has 2 bridgehead atoms. The molecule has 3 fully saturated rings. The molecule has 3 N–H and O–H groups in total. The summed E-state index contributed by atoms with van der Waals surface area (Å²) < 4.78 is 25.1. The van der Waals surface area contributed by atoms with Crippen LogP contribution >= 0.6 is 0 Å². The second-order valence-corrected chi connectivity index (χ2v) is 12.4. The molecule has 39 heavy (non-hydrogen) atoms. The lowest BCUT2D eigenvalue weighted by Gasteiger charge is -2.49. The number of carbonyl (C=O) groups is 1. The molecule has 0 unspecified atom stereocenters. The zero-order valence-corrected chi connectivity index (χ0v) is 23.7. The van der Waals surface area contributed by atoms with Crippen molar-refractivity contribution in [1.29, 1.82) is 0 Å². The summed E-state index contributed by atoms with van der Waals surface area (Å²) in [5, 5.41) is 33.8. The molecule has 216 valence electrons. The summed E-state index contributed by atoms with van der Waals surface area (Å²) in [6.07, 6.45) is 8.67. The van der Waals surface area contributed by atoms with Crippen molar-refractivity contribution in [3.05, 3.63) is 47.1 Å². The van der Waals surface area contributed by atoms with Crippen LogP contribution in [0.25, 0.3) is 0 Å². The minimum Gasteiger partial charge on any atom is -0.462 e. The van der Waals surface area contributed by atoms with Crippen molar-refractivity contribution in [3.8, 4) is 0 Å². The van der Waals surface area contributed by atoms with Gasteiger partial charge >= 0.3 is 5.97 Å². The second kappa shape index (κ2) is 10.9. The van der Waals surface area contributed by atoms with Gasteiger partial charge in [0.2, 0.25) is 0 Å². The van der Waals surface area contributed by atoms with E-state index in [1.807, 2.05) is 26.0 Å². The number of fused-ring (bicyclic) bond motifs is 2. The molecule has 0 aromatic carbocycles. The molecule has 0 radical (unpaired) electrons. The summed E-state index contributed by atoms with van der Waals surface area (Å²) >= 11 is 0. The summed E-state index contributed by atoms with van der Waals surface area (Å²) in [6, 6.07) is 0. The summed E-state index contributed by atoms with van der Waals surface area (Å²) in [4.78, 5) is 13.8. The first-order valence-corrected chi connectivity index (χ1v) is 14.4. The molecule has 5 aliphatic rings. The smallest absolute Gasteiger partial charge is 0.316 e. The minimum atomic E-state index is -1.75. The maximum Gasteiger partial charge on any atom is 0.316 e. The van der Waals surface area contributed by atoms with Crippen molar-refractivity contribution in [2.24, 2.45) is 17.8 Å². The van der Waals surface area contributed by atoms with Crippen LogP contribution in [-0.2, 0) is 23.7 Å². The highest BCUT2D eigenvalue weighted by atomic mass is 16.7. The van der Waals surface area contributed by atoms with Gasteiger partial charge in [-0.2, -0.15) is 0 Å². The van der Waals surface area contributed by atoms with Gasteiger partial charge in [0.05, 0.1) is 24.9 Å². The average molecular weight is 545 g/mol. The Kier molecular flexibility index (Phi) is 8.01. The normalized spacial score (nSPS) is 50.6. The van der Waals surface area contributed by atoms with E-state index in [9.17, 15) is 20.1 Å². The lowest BCUT2D eigenvalue weighted by atomic mass is 9.71. The quantitative estimate of drug-likeness (QED) is 0.314. The van der Waals surface area contributed by atoms with Crippen molar-refractivity contribution in [2.75, 3.05) is 6.61 Å². The van der Waals surface area contributed by atoms with Crippen LogP contribution < -0.4 is 0 Å². The standard InChI is InChI=1S/C31H44O8/c1-17-11-12-30(38-21(17)5)15-24-14-23(39-30)10-9-19(3)26(32)18(2)7-6-8-22-16-36-28-27(33)20(4)13-25(29(34)37-24)31(22,28)35/h6-9,13,17-18,21,23-28,32-33,35H,10-12,14-16H2,1-5H3/b7-6-,19-9-,22-8-/t17-,18-,21+,23+,24-,25-,26+,27+,28+,30-,31+/m0/s1. The predicted molar refractivity (Wildman–Crippen MR) is 144 cm³/mol. The number of hydrogen-bond donors (Lipinski definition) is 3. The average Bonchev–Trinajstić information content (AvgIpc) is 3.23. The number of hydrogen-bond acceptors (Lipinski definition) is 8. The number of carbonyl (C=O) groups excluding carboxylic acids is 1. The van der Waals surface area contributed by atoms with E-state index in [1.165, 1.54) is 0 Å². The number of esters is 1. The summed E-state index contributed by atoms with van der Waals surface area (Å²) in [7, 11) is 0. The summed E-state index contributed by atoms with van der Waals surface area (Å²) in [5.74, 6) is -2.21. The van der Waals surface area contributed by atoms with Crippen molar-refractivity contribution >= 4 is 5.97 Å². The number of allylic oxidation sites excluding steroid dienone is 2. The Morgan fingerprint density at radius 1 is 1.03 bits per heavy atom. The van der Waals surface area contributed by atoms with Gasteiger partial charge in [0.25, 0.3) is 0 Å². The fraction of sp³-hybridized carbons (Fsp3) is 0.710. The molecule has 0 aromatic rings. The Morgan fingerprint density at radius 3 is 2.54 bits per heavy atom. The molecule has 8 heteroatoms. The minimum absolute atomic E-state index is 0.00802. The number of aliphatic hydroxyl groups is 3. The van der Waals surface area contributed by atoms with Gasteiger partial charge in [-0.15, -0.1) is 0 Å². The van der Waals surface area contributed by atoms with Gasteiger partial charge in [-0.1, -0.05) is 44.2 Å². The molecule has 11 atom stereocenters. The van der Waals surface area contributed by atoms with E-state index in [0.29, 0.717) is 42.7 Å². The van der Waals surface area contributed by atoms with Crippen LogP contribution in [-0.4, -0.2) is 75.9 Å². The van der Waals surface area contributed by atoms with Crippen molar-refractivity contribution in [1.82, 2.24) is 0 Å². The molecule has 8 nitrogen and oxygen atoms in total. The van der Waals surface area contributed by atoms with E-state index < -0.39 is 47.7 Å². The first-order chi connectivity index (χ1) is 18.4.